The molecule has 4 rings (SSSR count). The molecule has 0 radical (unpaired) electrons. The van der Waals surface area contributed by atoms with Crippen molar-refractivity contribution in [2.45, 2.75) is 19.8 Å². The Hall–Kier alpha value is -3.48. The van der Waals surface area contributed by atoms with Crippen molar-refractivity contribution < 1.29 is 18.4 Å². The lowest BCUT2D eigenvalue weighted by molar-refractivity contribution is -0.121. The fourth-order valence-electron chi connectivity index (χ4n) is 3.77. The summed E-state index contributed by atoms with van der Waals surface area (Å²) < 4.78 is 18.3. The third-order valence-corrected chi connectivity index (χ3v) is 5.46. The van der Waals surface area contributed by atoms with Gasteiger partial charge in [-0.2, -0.15) is 0 Å². The molecule has 1 fully saturated rings. The van der Waals surface area contributed by atoms with Crippen LogP contribution in [0.1, 0.15) is 28.8 Å². The summed E-state index contributed by atoms with van der Waals surface area (Å²) in [6.07, 6.45) is 1.08. The van der Waals surface area contributed by atoms with Crippen LogP contribution in [-0.4, -0.2) is 29.8 Å². The van der Waals surface area contributed by atoms with Crippen LogP contribution >= 0.6 is 0 Å². The number of hydrogen-bond donors (Lipinski definition) is 1. The second-order valence-corrected chi connectivity index (χ2v) is 7.52. The van der Waals surface area contributed by atoms with Crippen molar-refractivity contribution in [2.24, 2.45) is 5.92 Å². The fourth-order valence-corrected chi connectivity index (χ4v) is 3.77. The number of nitrogens with one attached hydrogen (secondary N) is 1. The average molecular weight is 408 g/mol. The number of benzene rings is 2. The quantitative estimate of drug-likeness (QED) is 0.670. The van der Waals surface area contributed by atoms with Gasteiger partial charge in [-0.3, -0.25) is 9.59 Å². The summed E-state index contributed by atoms with van der Waals surface area (Å²) in [6.45, 7) is 2.75. The summed E-state index contributed by atoms with van der Waals surface area (Å²) in [5.41, 5.74) is 1.81. The Morgan fingerprint density at radius 2 is 1.77 bits per heavy atom. The zero-order valence-electron chi connectivity index (χ0n) is 16.5. The molecule has 1 aliphatic heterocycles. The van der Waals surface area contributed by atoms with Crippen molar-refractivity contribution in [3.63, 3.8) is 0 Å². The van der Waals surface area contributed by atoms with E-state index >= 15 is 0 Å². The van der Waals surface area contributed by atoms with Crippen molar-refractivity contribution >= 4 is 28.5 Å². The Morgan fingerprint density at radius 3 is 2.47 bits per heavy atom. The maximum Gasteiger partial charge on any atom is 0.336 e. The van der Waals surface area contributed by atoms with Gasteiger partial charge in [-0.25, -0.2) is 9.18 Å². The first kappa shape index (κ1) is 19.8. The summed E-state index contributed by atoms with van der Waals surface area (Å²) >= 11 is 0. The average Bonchev–Trinajstić information content (AvgIpc) is 2.73. The SMILES string of the molecule is Cc1cc(=O)oc2cc(NC(=O)C3CCN(C(=O)c4ccc(F)cc4)CC3)ccc12. The molecule has 0 saturated carbocycles. The molecule has 6 nitrogen and oxygen atoms in total. The van der Waals surface area contributed by atoms with Crippen LogP contribution in [0.15, 0.2) is 57.7 Å². The van der Waals surface area contributed by atoms with E-state index in [9.17, 15) is 18.8 Å². The van der Waals surface area contributed by atoms with Crippen molar-refractivity contribution in [2.75, 3.05) is 18.4 Å². The van der Waals surface area contributed by atoms with Crippen molar-refractivity contribution in [1.82, 2.24) is 4.90 Å². The van der Waals surface area contributed by atoms with E-state index in [1.54, 1.807) is 17.0 Å². The first-order valence-corrected chi connectivity index (χ1v) is 9.81. The molecule has 0 unspecified atom stereocenters. The van der Waals surface area contributed by atoms with Gasteiger partial charge in [0.05, 0.1) is 0 Å². The molecule has 1 saturated heterocycles. The number of amides is 2. The number of anilines is 1. The number of carbonyl (C=O) groups is 2. The van der Waals surface area contributed by atoms with Gasteiger partial charge in [0.1, 0.15) is 11.4 Å². The third kappa shape index (κ3) is 4.10. The maximum atomic E-state index is 13.0. The van der Waals surface area contributed by atoms with Crippen LogP contribution in [0, 0.1) is 18.7 Å². The Morgan fingerprint density at radius 1 is 1.07 bits per heavy atom. The minimum Gasteiger partial charge on any atom is -0.423 e. The van der Waals surface area contributed by atoms with Crippen LogP contribution in [0.25, 0.3) is 11.0 Å². The highest BCUT2D eigenvalue weighted by atomic mass is 19.1. The molecule has 1 aromatic heterocycles. The van der Waals surface area contributed by atoms with Crippen LogP contribution in [0.3, 0.4) is 0 Å². The van der Waals surface area contributed by atoms with Gasteiger partial charge in [0.2, 0.25) is 5.91 Å². The number of likely N-dealkylation sites (tertiary alicyclic amines) is 1. The standard InChI is InChI=1S/C23H21FN2O4/c1-14-12-21(27)30-20-13-18(6-7-19(14)20)25-22(28)15-8-10-26(11-9-15)23(29)16-2-4-17(24)5-3-16/h2-7,12-13,15H,8-11H2,1H3,(H,25,28). The minimum absolute atomic E-state index is 0.127. The molecular formula is C23H21FN2O4. The highest BCUT2D eigenvalue weighted by Gasteiger charge is 2.28. The van der Waals surface area contributed by atoms with Crippen LogP contribution in [0.4, 0.5) is 10.1 Å². The highest BCUT2D eigenvalue weighted by Crippen LogP contribution is 2.24. The van der Waals surface area contributed by atoms with Gasteiger partial charge >= 0.3 is 5.63 Å². The largest absolute Gasteiger partial charge is 0.423 e. The molecule has 7 heteroatoms. The molecule has 2 heterocycles. The maximum absolute atomic E-state index is 13.0. The zero-order valence-corrected chi connectivity index (χ0v) is 16.5. The fraction of sp³-hybridized carbons (Fsp3) is 0.261. The molecule has 0 bridgehead atoms. The number of rotatable bonds is 3. The number of fused-ring (bicyclic) bond motifs is 1. The molecule has 0 aliphatic carbocycles. The first-order chi connectivity index (χ1) is 14.4. The van der Waals surface area contributed by atoms with E-state index in [0.717, 1.165) is 10.9 Å². The van der Waals surface area contributed by atoms with E-state index < -0.39 is 5.63 Å². The summed E-state index contributed by atoms with van der Waals surface area (Å²) in [5, 5.41) is 3.70. The second-order valence-electron chi connectivity index (χ2n) is 7.52. The van der Waals surface area contributed by atoms with Crippen LogP contribution in [-0.2, 0) is 4.79 Å². The van der Waals surface area contributed by atoms with E-state index in [1.165, 1.54) is 30.3 Å². The number of hydrogen-bond acceptors (Lipinski definition) is 4. The van der Waals surface area contributed by atoms with E-state index in [0.29, 0.717) is 42.8 Å². The van der Waals surface area contributed by atoms with Crippen LogP contribution in [0.5, 0.6) is 0 Å². The lowest BCUT2D eigenvalue weighted by atomic mass is 9.95. The Bertz CT molecular complexity index is 1160. The molecule has 1 N–H and O–H groups in total. The Kier molecular flexibility index (Phi) is 5.35. The van der Waals surface area contributed by atoms with Crippen molar-refractivity contribution in [3.8, 4) is 0 Å². The number of aryl methyl sites for hydroxylation is 1. The summed E-state index contributed by atoms with van der Waals surface area (Å²) in [4.78, 5) is 38.5. The molecule has 0 spiro atoms. The number of nitrogens with zero attached hydrogens (tertiary/aromatic N) is 1. The lowest BCUT2D eigenvalue weighted by Gasteiger charge is -2.31. The Labute approximate surface area is 172 Å². The molecule has 1 aliphatic rings. The van der Waals surface area contributed by atoms with Gasteiger partial charge in [-0.1, -0.05) is 0 Å². The van der Waals surface area contributed by atoms with E-state index in [1.807, 2.05) is 13.0 Å². The monoisotopic (exact) mass is 408 g/mol. The Balaban J connectivity index is 1.38. The van der Waals surface area contributed by atoms with Gasteiger partial charge in [-0.15, -0.1) is 0 Å². The molecule has 0 atom stereocenters. The van der Waals surface area contributed by atoms with E-state index in [2.05, 4.69) is 5.32 Å². The van der Waals surface area contributed by atoms with Gasteiger partial charge in [0.25, 0.3) is 5.91 Å². The molecular weight excluding hydrogens is 387 g/mol. The smallest absolute Gasteiger partial charge is 0.336 e. The predicted molar refractivity (Wildman–Crippen MR) is 111 cm³/mol. The van der Waals surface area contributed by atoms with Crippen molar-refractivity contribution in [1.29, 1.82) is 0 Å². The molecule has 2 aromatic carbocycles. The van der Waals surface area contributed by atoms with Crippen LogP contribution < -0.4 is 10.9 Å². The molecule has 154 valence electrons. The topological polar surface area (TPSA) is 79.6 Å². The molecule has 30 heavy (non-hydrogen) atoms. The highest BCUT2D eigenvalue weighted by molar-refractivity contribution is 5.96. The normalized spacial score (nSPS) is 14.7. The van der Waals surface area contributed by atoms with Gasteiger partial charge in [0.15, 0.2) is 0 Å². The first-order valence-electron chi connectivity index (χ1n) is 9.81. The lowest BCUT2D eigenvalue weighted by Crippen LogP contribution is -2.41. The summed E-state index contributed by atoms with van der Waals surface area (Å²) in [5.74, 6) is -0.889. The zero-order chi connectivity index (χ0) is 21.3. The molecule has 3 aromatic rings. The minimum atomic E-state index is -0.429. The van der Waals surface area contributed by atoms with E-state index in [-0.39, 0.29) is 23.5 Å². The number of carbonyl (C=O) groups excluding carboxylic acids is 2. The second kappa shape index (κ2) is 8.10. The number of piperidine rings is 1. The number of halogens is 1. The van der Waals surface area contributed by atoms with Gasteiger partial charge in [0, 0.05) is 47.8 Å². The van der Waals surface area contributed by atoms with Crippen molar-refractivity contribution in [3.05, 3.63) is 75.9 Å². The summed E-state index contributed by atoms with van der Waals surface area (Å²) in [6, 6.07) is 12.1. The molecule has 2 amide bonds. The van der Waals surface area contributed by atoms with E-state index in [4.69, 9.17) is 4.42 Å². The third-order valence-electron chi connectivity index (χ3n) is 5.46. The van der Waals surface area contributed by atoms with Gasteiger partial charge < -0.3 is 14.6 Å². The van der Waals surface area contributed by atoms with Crippen LogP contribution in [0.2, 0.25) is 0 Å². The van der Waals surface area contributed by atoms with Gasteiger partial charge in [-0.05, 0) is 61.7 Å². The summed E-state index contributed by atoms with van der Waals surface area (Å²) in [7, 11) is 0. The predicted octanol–water partition coefficient (Wildman–Crippen LogP) is 3.73.